The highest BCUT2D eigenvalue weighted by Gasteiger charge is 2.45. The smallest absolute Gasteiger partial charge is 0.436 e. The molecule has 0 spiro atoms. The van der Waals surface area contributed by atoms with E-state index in [0.29, 0.717) is 69.1 Å². The van der Waals surface area contributed by atoms with Gasteiger partial charge in [-0.05, 0) is 269 Å². The normalized spacial score (nSPS) is 26.1. The van der Waals surface area contributed by atoms with E-state index in [0.717, 1.165) is 113 Å². The lowest BCUT2D eigenvalue weighted by molar-refractivity contribution is -0.0303. The molecule has 0 aromatic carbocycles. The van der Waals surface area contributed by atoms with Crippen LogP contribution in [-0.2, 0) is 52.2 Å². The second-order valence-electron chi connectivity index (χ2n) is 33.6. The van der Waals surface area contributed by atoms with Crippen molar-refractivity contribution in [3.8, 4) is 0 Å². The average molecular weight is 1610 g/mol. The minimum Gasteiger partial charge on any atom is -0.436 e. The fraction of sp³-hybridized carbons (Fsp3) is 1.00. The van der Waals surface area contributed by atoms with Gasteiger partial charge < -0.3 is 108 Å². The quantitative estimate of drug-likeness (QED) is 0.0200. The Morgan fingerprint density at radius 3 is 0.940 bits per heavy atom. The number of rotatable bonds is 43. The second kappa shape index (κ2) is 50.2. The molecule has 0 bridgehead atoms. The van der Waals surface area contributed by atoms with Crippen molar-refractivity contribution < 1.29 is 108 Å². The molecule has 3 rings (SSSR count). The molecular formula is C67H158O23Si10. The summed E-state index contributed by atoms with van der Waals surface area (Å²) in [6.07, 6.45) is 7.21. The van der Waals surface area contributed by atoms with Crippen molar-refractivity contribution in [2.45, 2.75) is 351 Å². The van der Waals surface area contributed by atoms with Crippen LogP contribution in [0.3, 0.4) is 0 Å². The van der Waals surface area contributed by atoms with E-state index < -0.39 is 146 Å². The van der Waals surface area contributed by atoms with Crippen molar-refractivity contribution in [1.29, 1.82) is 0 Å². The molecule has 3 fully saturated rings. The van der Waals surface area contributed by atoms with Crippen LogP contribution in [0.25, 0.3) is 0 Å². The first-order valence-corrected chi connectivity index (χ1v) is 66.0. The Morgan fingerprint density at radius 1 is 0.350 bits per heavy atom. The first kappa shape index (κ1) is 103. The van der Waals surface area contributed by atoms with E-state index in [1.807, 2.05) is 26.8 Å². The summed E-state index contributed by atoms with van der Waals surface area (Å²) in [5.41, 5.74) is 0. The Bertz CT molecular complexity index is 2040. The minimum atomic E-state index is -3.06. The molecule has 3 saturated carbocycles. The fourth-order valence-electron chi connectivity index (χ4n) is 12.8. The lowest BCUT2D eigenvalue weighted by Gasteiger charge is -2.37. The number of hydrogen-bond acceptors (Lipinski definition) is 23. The van der Waals surface area contributed by atoms with Gasteiger partial charge in [-0.3, -0.25) is 0 Å². The zero-order valence-electron chi connectivity index (χ0n) is 68.1. The second-order valence-corrected chi connectivity index (χ2v) is 74.2. The van der Waals surface area contributed by atoms with Crippen molar-refractivity contribution in [1.82, 2.24) is 0 Å². The molecule has 604 valence electrons. The van der Waals surface area contributed by atoms with Crippen molar-refractivity contribution in [3.63, 3.8) is 0 Å². The summed E-state index contributed by atoms with van der Waals surface area (Å²) in [6.45, 7) is 45.6. The van der Waals surface area contributed by atoms with Crippen LogP contribution in [0.2, 0.25) is 153 Å². The molecular weight excluding hydrogens is 1450 g/mol. The highest BCUT2D eigenvalue weighted by molar-refractivity contribution is 6.84. The molecule has 18 unspecified atom stereocenters. The van der Waals surface area contributed by atoms with Gasteiger partial charge in [0.2, 0.25) is 0 Å². The van der Waals surface area contributed by atoms with Crippen LogP contribution in [0.15, 0.2) is 0 Å². The van der Waals surface area contributed by atoms with Crippen LogP contribution in [0, 0.1) is 17.8 Å². The number of aliphatic hydroxyl groups is 10. The summed E-state index contributed by atoms with van der Waals surface area (Å²) in [4.78, 5) is 10.4. The van der Waals surface area contributed by atoms with Crippen LogP contribution >= 0.6 is 0 Å². The van der Waals surface area contributed by atoms with Gasteiger partial charge in [0.15, 0.2) is 41.6 Å². The molecule has 18 atom stereocenters. The van der Waals surface area contributed by atoms with Crippen LogP contribution in [0.1, 0.15) is 137 Å². The molecule has 0 radical (unpaired) electrons. The molecule has 100 heavy (non-hydrogen) atoms. The largest absolute Gasteiger partial charge is 0.487 e. The molecule has 0 heterocycles. The van der Waals surface area contributed by atoms with Gasteiger partial charge in [-0.15, -0.1) is 0 Å². The Kier molecular flexibility index (Phi) is 51.9. The predicted molar refractivity (Wildman–Crippen MR) is 427 cm³/mol. The molecule has 0 amide bonds. The molecule has 0 aromatic rings. The van der Waals surface area contributed by atoms with Crippen molar-refractivity contribution in [2.24, 2.45) is 17.8 Å². The molecule has 23 nitrogen and oxygen atoms in total. The van der Waals surface area contributed by atoms with Gasteiger partial charge in [-0.1, -0.05) is 33.6 Å². The Hall–Kier alpha value is 1.25. The summed E-state index contributed by atoms with van der Waals surface area (Å²) >= 11 is 0. The van der Waals surface area contributed by atoms with Crippen LogP contribution in [0.5, 0.6) is 0 Å². The van der Waals surface area contributed by atoms with E-state index in [1.54, 1.807) is 35.2 Å². The third-order valence-electron chi connectivity index (χ3n) is 18.0. The number of ether oxygens (including phenoxy) is 2. The molecule has 0 aromatic heterocycles. The van der Waals surface area contributed by atoms with E-state index >= 15 is 0 Å². The summed E-state index contributed by atoms with van der Waals surface area (Å²) < 4.78 is 70.5. The third-order valence-corrected chi connectivity index (χ3v) is 50.4. The maximum Gasteiger partial charge on any atom is 0.487 e. The van der Waals surface area contributed by atoms with E-state index in [4.69, 9.17) is 57.3 Å². The molecule has 11 N–H and O–H groups in total. The Balaban J connectivity index is 0. The SMILES string of the molecule is CCC[Si](CCC1CCC(O)C(O)C1)(OC)O[Si](C)(C)C.CCC[Si](CCCOCC(O)C(C)O)(OC)O[Si](C)(C)C.CC[Si](CCC1CCC(O)C(O)C1)(OC)O[Si](C)(C)C.CO[Si](C)(CCCOCC(O)C(C)O)O[Si](C)(C)C.CO[Si](O)(CCC1CCC(O)C(O)C1)O[Si](C)(C)C. The van der Waals surface area contributed by atoms with Gasteiger partial charge in [0, 0.05) is 54.8 Å². The lowest BCUT2D eigenvalue weighted by Crippen LogP contribution is -2.49. The summed E-state index contributed by atoms with van der Waals surface area (Å²) in [5, 5.41) is 95.1. The first-order valence-electron chi connectivity index (χ1n) is 37.8. The molecule has 33 heteroatoms. The summed E-state index contributed by atoms with van der Waals surface area (Å²) in [7, 11) is -11.2. The van der Waals surface area contributed by atoms with Gasteiger partial charge >= 0.3 is 43.0 Å². The number of aliphatic hydroxyl groups excluding tert-OH is 10. The predicted octanol–water partition coefficient (Wildman–Crippen LogP) is 11.6. The van der Waals surface area contributed by atoms with Crippen molar-refractivity contribution in [2.75, 3.05) is 62.0 Å². The zero-order chi connectivity index (χ0) is 77.8. The Morgan fingerprint density at radius 2 is 0.660 bits per heavy atom. The van der Waals surface area contributed by atoms with E-state index in [2.05, 4.69) is 106 Å². The third kappa shape index (κ3) is 48.7. The van der Waals surface area contributed by atoms with Gasteiger partial charge in [0.25, 0.3) is 0 Å². The van der Waals surface area contributed by atoms with E-state index in [1.165, 1.54) is 7.11 Å². The van der Waals surface area contributed by atoms with Gasteiger partial charge in [0.1, 0.15) is 12.2 Å². The Labute approximate surface area is 620 Å². The van der Waals surface area contributed by atoms with Crippen LogP contribution < -0.4 is 0 Å². The minimum absolute atomic E-state index is 0.164. The molecule has 3 aliphatic carbocycles. The highest BCUT2D eigenvalue weighted by Crippen LogP contribution is 2.37. The molecule has 0 aliphatic heterocycles. The lowest BCUT2D eigenvalue weighted by atomic mass is 9.84. The van der Waals surface area contributed by atoms with Crippen molar-refractivity contribution in [3.05, 3.63) is 0 Å². The molecule has 0 saturated heterocycles. The summed E-state index contributed by atoms with van der Waals surface area (Å²) in [5.74, 6) is 1.32. The molecule has 3 aliphatic rings. The van der Waals surface area contributed by atoms with Gasteiger partial charge in [-0.25, -0.2) is 0 Å². The fourth-order valence-corrected chi connectivity index (χ4v) is 48.3. The monoisotopic (exact) mass is 1610 g/mol. The maximum absolute atomic E-state index is 10.4. The maximum atomic E-state index is 10.4. The topological polar surface area (TPSA) is 333 Å². The summed E-state index contributed by atoms with van der Waals surface area (Å²) in [6, 6.07) is 7.35. The van der Waals surface area contributed by atoms with Gasteiger partial charge in [-0.2, -0.15) is 0 Å². The number of hydrogen-bond donors (Lipinski definition) is 11. The van der Waals surface area contributed by atoms with E-state index in [9.17, 15) is 50.8 Å². The standard InChI is InChI=1S/C15H34O4Si2.C14H34O5Si2.C14H32O4Si2.C12H28O5Si2.C12H30O5Si2/c1-6-10-21(18-2,19-20(3,4)5)11-9-13-7-8-14(16)15(17)12-13;1-7-10-21(17-3,19-20(4,5)6)11-8-9-18-12-14(16)13(2)15;1-6-20(17-2,18-19(3,4)5)10-9-12-7-8-13(15)14(16)11-12;1-16-19(15,17-18(2,3)4)8-7-10-5-6-11(13)12(14)9-10;1-11(13)12(14)10-16-8-7-9-19(6,15-2)17-18(3,4)5/h13-17H,6-12H2,1-5H3;13-16H,7-12H2,1-6H3;12-16H,6-11H2,1-5H3;10-15H,5-9H2,1-4H3;11-14H,7-10H2,1-6H3. The zero-order valence-corrected chi connectivity index (χ0v) is 78.1. The van der Waals surface area contributed by atoms with Crippen LogP contribution in [0.4, 0.5) is 0 Å². The first-order chi connectivity index (χ1) is 45.8. The van der Waals surface area contributed by atoms with Gasteiger partial charge in [0.05, 0.1) is 62.0 Å². The van der Waals surface area contributed by atoms with E-state index in [-0.39, 0.29) is 13.2 Å². The van der Waals surface area contributed by atoms with Crippen molar-refractivity contribution >= 4 is 84.6 Å². The van der Waals surface area contributed by atoms with Crippen LogP contribution in [-0.4, -0.2) is 264 Å². The highest BCUT2D eigenvalue weighted by atomic mass is 28.5. The average Bonchev–Trinajstić information content (AvgIpc) is 0.849.